The second-order valence-corrected chi connectivity index (χ2v) is 4.47. The standard InChI is InChI=1S/C13H13NO5/c1-8(15)9-2-4-10(5-3-9)14-11(16)13(12(17)18)6-19-7-13/h2-5H,6-7H2,1H3,(H,14,16)(H,17,18). The third-order valence-corrected chi connectivity index (χ3v) is 3.09. The summed E-state index contributed by atoms with van der Waals surface area (Å²) in [6, 6.07) is 6.26. The molecule has 0 unspecified atom stereocenters. The van der Waals surface area contributed by atoms with Crippen molar-refractivity contribution in [2.45, 2.75) is 6.92 Å². The largest absolute Gasteiger partial charge is 0.480 e. The van der Waals surface area contributed by atoms with Crippen LogP contribution in [0.25, 0.3) is 0 Å². The van der Waals surface area contributed by atoms with Crippen molar-refractivity contribution in [2.24, 2.45) is 5.41 Å². The average molecular weight is 263 g/mol. The molecule has 6 nitrogen and oxygen atoms in total. The minimum Gasteiger partial charge on any atom is -0.480 e. The molecule has 1 aromatic carbocycles. The zero-order chi connectivity index (χ0) is 14.0. The average Bonchev–Trinajstić information content (AvgIpc) is 2.27. The Hall–Kier alpha value is -2.21. The molecule has 1 aliphatic rings. The van der Waals surface area contributed by atoms with E-state index in [0.29, 0.717) is 11.3 Å². The monoisotopic (exact) mass is 263 g/mol. The second-order valence-electron chi connectivity index (χ2n) is 4.47. The first-order chi connectivity index (χ1) is 8.95. The van der Waals surface area contributed by atoms with Crippen molar-refractivity contribution in [3.63, 3.8) is 0 Å². The predicted octanol–water partition coefficient (Wildman–Crippen LogP) is 0.929. The highest BCUT2D eigenvalue weighted by atomic mass is 16.5. The molecule has 2 N–H and O–H groups in total. The number of nitrogens with one attached hydrogen (secondary N) is 1. The van der Waals surface area contributed by atoms with Crippen LogP contribution in [0.1, 0.15) is 17.3 Å². The minimum atomic E-state index is -1.50. The van der Waals surface area contributed by atoms with Crippen molar-refractivity contribution < 1.29 is 24.2 Å². The van der Waals surface area contributed by atoms with E-state index in [2.05, 4.69) is 5.32 Å². The van der Waals surface area contributed by atoms with Gasteiger partial charge in [0, 0.05) is 11.3 Å². The lowest BCUT2D eigenvalue weighted by Crippen LogP contribution is -2.57. The third kappa shape index (κ3) is 2.34. The summed E-state index contributed by atoms with van der Waals surface area (Å²) in [5.41, 5.74) is -0.528. The molecule has 0 spiro atoms. The van der Waals surface area contributed by atoms with E-state index in [9.17, 15) is 14.4 Å². The SMILES string of the molecule is CC(=O)c1ccc(NC(=O)C2(C(=O)O)COC2)cc1. The van der Waals surface area contributed by atoms with Gasteiger partial charge in [-0.2, -0.15) is 0 Å². The Morgan fingerprint density at radius 2 is 1.79 bits per heavy atom. The molecule has 2 rings (SSSR count). The molecule has 19 heavy (non-hydrogen) atoms. The Bertz CT molecular complexity index is 530. The van der Waals surface area contributed by atoms with E-state index < -0.39 is 17.3 Å². The van der Waals surface area contributed by atoms with Gasteiger partial charge in [-0.25, -0.2) is 0 Å². The van der Waals surface area contributed by atoms with Gasteiger partial charge in [-0.15, -0.1) is 0 Å². The van der Waals surface area contributed by atoms with Gasteiger partial charge in [0.1, 0.15) is 0 Å². The Morgan fingerprint density at radius 1 is 1.21 bits per heavy atom. The van der Waals surface area contributed by atoms with Crippen LogP contribution >= 0.6 is 0 Å². The number of rotatable bonds is 4. The molecule has 0 saturated carbocycles. The quantitative estimate of drug-likeness (QED) is 0.622. The molecule has 0 bridgehead atoms. The summed E-state index contributed by atoms with van der Waals surface area (Å²) in [7, 11) is 0. The molecule has 1 amide bonds. The number of ketones is 1. The van der Waals surface area contributed by atoms with E-state index >= 15 is 0 Å². The van der Waals surface area contributed by atoms with Crippen LogP contribution in [0.4, 0.5) is 5.69 Å². The van der Waals surface area contributed by atoms with Gasteiger partial charge in [-0.1, -0.05) is 0 Å². The molecule has 6 heteroatoms. The summed E-state index contributed by atoms with van der Waals surface area (Å²) < 4.78 is 4.82. The first-order valence-corrected chi connectivity index (χ1v) is 5.69. The molecule has 1 heterocycles. The maximum Gasteiger partial charge on any atom is 0.324 e. The number of carboxylic acid groups (broad SMARTS) is 1. The van der Waals surface area contributed by atoms with Crippen LogP contribution in [0.3, 0.4) is 0 Å². The van der Waals surface area contributed by atoms with Gasteiger partial charge in [-0.3, -0.25) is 14.4 Å². The van der Waals surface area contributed by atoms with Gasteiger partial charge in [-0.05, 0) is 31.2 Å². The van der Waals surface area contributed by atoms with Crippen LogP contribution in [-0.4, -0.2) is 36.0 Å². The van der Waals surface area contributed by atoms with Crippen LogP contribution in [-0.2, 0) is 14.3 Å². The topological polar surface area (TPSA) is 92.7 Å². The summed E-state index contributed by atoms with van der Waals surface area (Å²) in [5.74, 6) is -1.88. The summed E-state index contributed by atoms with van der Waals surface area (Å²) in [4.78, 5) is 34.1. The Balaban J connectivity index is 2.11. The number of aliphatic carboxylic acids is 1. The third-order valence-electron chi connectivity index (χ3n) is 3.09. The van der Waals surface area contributed by atoms with Gasteiger partial charge in [0.05, 0.1) is 13.2 Å². The number of hydrogen-bond donors (Lipinski definition) is 2. The number of carbonyl (C=O) groups is 3. The minimum absolute atomic E-state index is 0.0766. The summed E-state index contributed by atoms with van der Waals surface area (Å²) in [6.07, 6.45) is 0. The van der Waals surface area contributed by atoms with Gasteiger partial charge >= 0.3 is 5.97 Å². The molecule has 100 valence electrons. The summed E-state index contributed by atoms with van der Waals surface area (Å²) >= 11 is 0. The first kappa shape index (κ1) is 13.2. The zero-order valence-electron chi connectivity index (χ0n) is 10.3. The van der Waals surface area contributed by atoms with Crippen LogP contribution < -0.4 is 5.32 Å². The van der Waals surface area contributed by atoms with Crippen LogP contribution in [0.15, 0.2) is 24.3 Å². The number of ether oxygens (including phenoxy) is 1. The fraction of sp³-hybridized carbons (Fsp3) is 0.308. The predicted molar refractivity (Wildman–Crippen MR) is 66.0 cm³/mol. The molecule has 0 aliphatic carbocycles. The number of carboxylic acids is 1. The molecule has 0 radical (unpaired) electrons. The number of Topliss-reactive ketones (excluding diaryl/α,β-unsaturated/α-hetero) is 1. The smallest absolute Gasteiger partial charge is 0.324 e. The lowest BCUT2D eigenvalue weighted by atomic mass is 9.85. The van der Waals surface area contributed by atoms with Gasteiger partial charge in [0.25, 0.3) is 0 Å². The highest BCUT2D eigenvalue weighted by Crippen LogP contribution is 2.29. The van der Waals surface area contributed by atoms with E-state index in [4.69, 9.17) is 9.84 Å². The maximum atomic E-state index is 11.9. The van der Waals surface area contributed by atoms with Gasteiger partial charge in [0.2, 0.25) is 5.91 Å². The number of carbonyl (C=O) groups excluding carboxylic acids is 2. The molecule has 1 saturated heterocycles. The lowest BCUT2D eigenvalue weighted by Gasteiger charge is -2.35. The summed E-state index contributed by atoms with van der Waals surface area (Å²) in [6.45, 7) is 1.19. The summed E-state index contributed by atoms with van der Waals surface area (Å²) in [5, 5.41) is 11.6. The maximum absolute atomic E-state index is 11.9. The van der Waals surface area contributed by atoms with E-state index in [0.717, 1.165) is 0 Å². The van der Waals surface area contributed by atoms with Crippen molar-refractivity contribution in [1.82, 2.24) is 0 Å². The number of amides is 1. The van der Waals surface area contributed by atoms with Crippen LogP contribution in [0.2, 0.25) is 0 Å². The Labute approximate surface area is 109 Å². The van der Waals surface area contributed by atoms with Crippen molar-refractivity contribution >= 4 is 23.3 Å². The Kier molecular flexibility index (Phi) is 3.35. The van der Waals surface area contributed by atoms with E-state index in [1.165, 1.54) is 6.92 Å². The van der Waals surface area contributed by atoms with Crippen LogP contribution in [0.5, 0.6) is 0 Å². The van der Waals surface area contributed by atoms with Crippen molar-refractivity contribution in [3.8, 4) is 0 Å². The van der Waals surface area contributed by atoms with E-state index in [1.54, 1.807) is 24.3 Å². The van der Waals surface area contributed by atoms with E-state index in [-0.39, 0.29) is 19.0 Å². The molecule has 0 aromatic heterocycles. The van der Waals surface area contributed by atoms with Gasteiger partial charge < -0.3 is 15.2 Å². The number of anilines is 1. The normalized spacial score (nSPS) is 16.3. The van der Waals surface area contributed by atoms with Gasteiger partial charge in [0.15, 0.2) is 11.2 Å². The first-order valence-electron chi connectivity index (χ1n) is 5.69. The highest BCUT2D eigenvalue weighted by Gasteiger charge is 2.53. The zero-order valence-corrected chi connectivity index (χ0v) is 10.3. The van der Waals surface area contributed by atoms with E-state index in [1.807, 2.05) is 0 Å². The van der Waals surface area contributed by atoms with Crippen molar-refractivity contribution in [3.05, 3.63) is 29.8 Å². The number of benzene rings is 1. The Morgan fingerprint density at radius 3 is 2.16 bits per heavy atom. The molecule has 1 aromatic rings. The molecule has 1 fully saturated rings. The van der Waals surface area contributed by atoms with Crippen LogP contribution in [0, 0.1) is 5.41 Å². The fourth-order valence-electron chi connectivity index (χ4n) is 1.70. The molecule has 1 aliphatic heterocycles. The molecular formula is C13H13NO5. The second kappa shape index (κ2) is 4.81. The van der Waals surface area contributed by atoms with Crippen molar-refractivity contribution in [1.29, 1.82) is 0 Å². The fourth-order valence-corrected chi connectivity index (χ4v) is 1.70. The lowest BCUT2D eigenvalue weighted by molar-refractivity contribution is -0.182. The molecule has 0 atom stereocenters. The molecular weight excluding hydrogens is 250 g/mol. The highest BCUT2D eigenvalue weighted by molar-refractivity contribution is 6.09. The number of hydrogen-bond acceptors (Lipinski definition) is 4. The van der Waals surface area contributed by atoms with Crippen molar-refractivity contribution in [2.75, 3.05) is 18.5 Å².